The number of non-ortho nitro benzene ring substituents is 1. The van der Waals surface area contributed by atoms with Crippen LogP contribution in [0.15, 0.2) is 42.5 Å². The molecule has 2 aromatic rings. The number of carbonyl (C=O) groups excluding carboxylic acids is 2. The topological polar surface area (TPSA) is 108 Å². The fourth-order valence-electron chi connectivity index (χ4n) is 2.20. The lowest BCUT2D eigenvalue weighted by molar-refractivity contribution is -0.384. The summed E-state index contributed by atoms with van der Waals surface area (Å²) in [5.41, 5.74) is 1.09. The van der Waals surface area contributed by atoms with Crippen molar-refractivity contribution in [3.63, 3.8) is 0 Å². The molecule has 8 nitrogen and oxygen atoms in total. The molecule has 0 saturated carbocycles. The highest BCUT2D eigenvalue weighted by Gasteiger charge is 2.14. The van der Waals surface area contributed by atoms with Crippen molar-refractivity contribution in [3.05, 3.63) is 63.7 Å². The van der Waals surface area contributed by atoms with Gasteiger partial charge >= 0.3 is 5.97 Å². The first-order valence-corrected chi connectivity index (χ1v) is 8.25. The van der Waals surface area contributed by atoms with Crippen LogP contribution in [0.5, 0.6) is 5.75 Å². The molecule has 2 aromatic carbocycles. The Morgan fingerprint density at radius 3 is 2.41 bits per heavy atom. The lowest BCUT2D eigenvalue weighted by Gasteiger charge is -2.10. The molecule has 0 aliphatic heterocycles. The molecule has 142 valence electrons. The zero-order chi connectivity index (χ0) is 20.0. The summed E-state index contributed by atoms with van der Waals surface area (Å²) >= 11 is 0. The van der Waals surface area contributed by atoms with Gasteiger partial charge in [0.05, 0.1) is 22.3 Å². The van der Waals surface area contributed by atoms with Crippen LogP contribution in [0.25, 0.3) is 0 Å². The minimum Gasteiger partial charge on any atom is -0.491 e. The largest absolute Gasteiger partial charge is 0.491 e. The lowest BCUT2D eigenvalue weighted by Crippen LogP contribution is -2.21. The Labute approximate surface area is 156 Å². The number of amides is 1. The highest BCUT2D eigenvalue weighted by atomic mass is 16.6. The van der Waals surface area contributed by atoms with Gasteiger partial charge in [0.1, 0.15) is 5.75 Å². The number of nitrogens with one attached hydrogen (secondary N) is 1. The zero-order valence-corrected chi connectivity index (χ0v) is 15.2. The number of carbonyl (C=O) groups is 2. The van der Waals surface area contributed by atoms with E-state index in [1.807, 2.05) is 13.8 Å². The molecule has 0 aromatic heterocycles. The second-order valence-corrected chi connectivity index (χ2v) is 6.07. The maximum Gasteiger partial charge on any atom is 0.338 e. The number of nitro groups is 1. The van der Waals surface area contributed by atoms with Gasteiger partial charge in [-0.25, -0.2) is 4.79 Å². The van der Waals surface area contributed by atoms with Crippen LogP contribution >= 0.6 is 0 Å². The van der Waals surface area contributed by atoms with Gasteiger partial charge in [-0.1, -0.05) is 6.07 Å². The molecule has 1 amide bonds. The van der Waals surface area contributed by atoms with Crippen molar-refractivity contribution >= 4 is 23.3 Å². The van der Waals surface area contributed by atoms with Gasteiger partial charge in [-0.3, -0.25) is 14.9 Å². The molecule has 27 heavy (non-hydrogen) atoms. The third kappa shape index (κ3) is 5.81. The van der Waals surface area contributed by atoms with Crippen LogP contribution in [0, 0.1) is 17.0 Å². The zero-order valence-electron chi connectivity index (χ0n) is 15.2. The molecule has 0 unspecified atom stereocenters. The highest BCUT2D eigenvalue weighted by Crippen LogP contribution is 2.21. The molecular weight excluding hydrogens is 352 g/mol. The third-order valence-electron chi connectivity index (χ3n) is 3.50. The van der Waals surface area contributed by atoms with E-state index >= 15 is 0 Å². The minimum absolute atomic E-state index is 0.0174. The summed E-state index contributed by atoms with van der Waals surface area (Å²) in [7, 11) is 0. The smallest absolute Gasteiger partial charge is 0.338 e. The van der Waals surface area contributed by atoms with Gasteiger partial charge in [-0.15, -0.1) is 0 Å². The molecule has 2 rings (SSSR count). The van der Waals surface area contributed by atoms with Crippen LogP contribution in [0.2, 0.25) is 0 Å². The molecule has 0 saturated heterocycles. The first-order chi connectivity index (χ1) is 12.8. The Morgan fingerprint density at radius 2 is 1.81 bits per heavy atom. The fourth-order valence-corrected chi connectivity index (χ4v) is 2.20. The van der Waals surface area contributed by atoms with Crippen LogP contribution in [0.1, 0.15) is 29.8 Å². The molecule has 1 N–H and O–H groups in total. The van der Waals surface area contributed by atoms with Gasteiger partial charge in [0.25, 0.3) is 11.6 Å². The van der Waals surface area contributed by atoms with Crippen LogP contribution in [0.4, 0.5) is 11.4 Å². The highest BCUT2D eigenvalue weighted by molar-refractivity contribution is 5.96. The van der Waals surface area contributed by atoms with Crippen molar-refractivity contribution in [2.45, 2.75) is 26.9 Å². The van der Waals surface area contributed by atoms with E-state index < -0.39 is 23.4 Å². The Morgan fingerprint density at radius 1 is 1.15 bits per heavy atom. The predicted molar refractivity (Wildman–Crippen MR) is 99.0 cm³/mol. The second kappa shape index (κ2) is 8.79. The molecular formula is C19H20N2O6. The summed E-state index contributed by atoms with van der Waals surface area (Å²) < 4.78 is 10.5. The van der Waals surface area contributed by atoms with Crippen molar-refractivity contribution in [2.24, 2.45) is 0 Å². The summed E-state index contributed by atoms with van der Waals surface area (Å²) in [5, 5.41) is 13.3. The maximum atomic E-state index is 12.0. The normalized spacial score (nSPS) is 10.4. The van der Waals surface area contributed by atoms with Gasteiger partial charge in [-0.05, 0) is 50.6 Å². The standard InChI is InChI=1S/C19H20N2O6/c1-12(2)27-16-8-5-14(6-9-16)19(23)26-11-18(22)20-17-10-15(21(24)25)7-4-13(17)3/h4-10,12H,11H2,1-3H3,(H,20,22). The maximum absolute atomic E-state index is 12.0. The summed E-state index contributed by atoms with van der Waals surface area (Å²) in [6.07, 6.45) is 0.0174. The van der Waals surface area contributed by atoms with E-state index in [4.69, 9.17) is 9.47 Å². The van der Waals surface area contributed by atoms with Crippen LogP contribution in [-0.4, -0.2) is 29.5 Å². The molecule has 0 spiro atoms. The van der Waals surface area contributed by atoms with Crippen molar-refractivity contribution in [3.8, 4) is 5.75 Å². The molecule has 0 fully saturated rings. The summed E-state index contributed by atoms with van der Waals surface area (Å²) in [4.78, 5) is 34.3. The van der Waals surface area contributed by atoms with Gasteiger partial charge in [0, 0.05) is 12.1 Å². The quantitative estimate of drug-likeness (QED) is 0.453. The summed E-state index contributed by atoms with van der Waals surface area (Å²) in [6, 6.07) is 10.5. The number of nitrogens with zero attached hydrogens (tertiary/aromatic N) is 1. The van der Waals surface area contributed by atoms with Gasteiger partial charge < -0.3 is 14.8 Å². The number of aryl methyl sites for hydroxylation is 1. The van der Waals surface area contributed by atoms with Gasteiger partial charge in [-0.2, -0.15) is 0 Å². The average Bonchev–Trinajstić information content (AvgIpc) is 2.61. The van der Waals surface area contributed by atoms with Crippen molar-refractivity contribution in [1.29, 1.82) is 0 Å². The van der Waals surface area contributed by atoms with Crippen LogP contribution in [0.3, 0.4) is 0 Å². The van der Waals surface area contributed by atoms with Crippen LogP contribution < -0.4 is 10.1 Å². The monoisotopic (exact) mass is 372 g/mol. The van der Waals surface area contributed by atoms with Crippen molar-refractivity contribution < 1.29 is 24.0 Å². The molecule has 0 bridgehead atoms. The van der Waals surface area contributed by atoms with E-state index in [0.717, 1.165) is 0 Å². The molecule has 8 heteroatoms. The molecule has 0 radical (unpaired) electrons. The van der Waals surface area contributed by atoms with E-state index in [-0.39, 0.29) is 17.4 Å². The first-order valence-electron chi connectivity index (χ1n) is 8.25. The number of hydrogen-bond acceptors (Lipinski definition) is 6. The second-order valence-electron chi connectivity index (χ2n) is 6.07. The van der Waals surface area contributed by atoms with Crippen molar-refractivity contribution in [1.82, 2.24) is 0 Å². The van der Waals surface area contributed by atoms with E-state index in [0.29, 0.717) is 17.0 Å². The van der Waals surface area contributed by atoms with E-state index in [1.165, 1.54) is 18.2 Å². The predicted octanol–water partition coefficient (Wildman–Crippen LogP) is 3.49. The SMILES string of the molecule is Cc1ccc([N+](=O)[O-])cc1NC(=O)COC(=O)c1ccc(OC(C)C)cc1. The third-order valence-corrected chi connectivity index (χ3v) is 3.50. The number of hydrogen-bond donors (Lipinski definition) is 1. The number of esters is 1. The van der Waals surface area contributed by atoms with Crippen molar-refractivity contribution in [2.75, 3.05) is 11.9 Å². The molecule has 0 aliphatic carbocycles. The van der Waals surface area contributed by atoms with E-state index in [1.54, 1.807) is 31.2 Å². The Bertz CT molecular complexity index is 846. The molecule has 0 aliphatic rings. The van der Waals surface area contributed by atoms with Gasteiger partial charge in [0.2, 0.25) is 0 Å². The number of ether oxygens (including phenoxy) is 2. The fraction of sp³-hybridized carbons (Fsp3) is 0.263. The van der Waals surface area contributed by atoms with E-state index in [2.05, 4.69) is 5.32 Å². The Balaban J connectivity index is 1.92. The number of anilines is 1. The Hall–Kier alpha value is -3.42. The molecule has 0 heterocycles. The molecule has 0 atom stereocenters. The van der Waals surface area contributed by atoms with Gasteiger partial charge in [0.15, 0.2) is 6.61 Å². The number of rotatable bonds is 7. The number of benzene rings is 2. The Kier molecular flexibility index (Phi) is 6.48. The first kappa shape index (κ1) is 19.9. The minimum atomic E-state index is -0.656. The summed E-state index contributed by atoms with van der Waals surface area (Å²) in [5.74, 6) is -0.621. The summed E-state index contributed by atoms with van der Waals surface area (Å²) in [6.45, 7) is 4.98. The average molecular weight is 372 g/mol. The van der Waals surface area contributed by atoms with E-state index in [9.17, 15) is 19.7 Å². The van der Waals surface area contributed by atoms with Crippen LogP contribution in [-0.2, 0) is 9.53 Å². The lowest BCUT2D eigenvalue weighted by atomic mass is 10.2. The number of nitro benzene ring substituents is 1.